The van der Waals surface area contributed by atoms with Crippen molar-refractivity contribution in [3.05, 3.63) is 32.4 Å². The van der Waals surface area contributed by atoms with Gasteiger partial charge in [0.1, 0.15) is 17.8 Å². The van der Waals surface area contributed by atoms with Gasteiger partial charge in [0, 0.05) is 6.07 Å². The first-order valence-corrected chi connectivity index (χ1v) is 7.47. The van der Waals surface area contributed by atoms with Gasteiger partial charge in [0.05, 0.1) is 21.6 Å². The molecule has 1 aromatic carbocycles. The summed E-state index contributed by atoms with van der Waals surface area (Å²) >= 11 is 0. The number of nitrogens with two attached hydrogens (primary N) is 1. The number of nitro groups is 2. The fourth-order valence-corrected chi connectivity index (χ4v) is 2.10. The normalized spacial score (nSPS) is 12.9. The Balaban J connectivity index is 3.60. The number of rotatable bonds is 9. The molecule has 0 aliphatic carbocycles. The molecule has 0 aromatic heterocycles. The average molecular weight is 369 g/mol. The maximum absolute atomic E-state index is 11.4. The van der Waals surface area contributed by atoms with Gasteiger partial charge in [0.25, 0.3) is 5.69 Å². The summed E-state index contributed by atoms with van der Waals surface area (Å²) in [4.78, 5) is 43.4. The molecular formula is C14H19N5O7. The Hall–Kier alpha value is -3.44. The van der Waals surface area contributed by atoms with E-state index >= 15 is 0 Å². The molecule has 2 atom stereocenters. The number of anilines is 2. The Bertz CT molecular complexity index is 749. The Labute approximate surface area is 147 Å². The summed E-state index contributed by atoms with van der Waals surface area (Å²) in [5.74, 6) is -2.50. The molecular weight excluding hydrogens is 350 g/mol. The second-order valence-corrected chi connectivity index (χ2v) is 5.87. The van der Waals surface area contributed by atoms with Crippen LogP contribution in [0, 0.1) is 26.1 Å². The van der Waals surface area contributed by atoms with Gasteiger partial charge in [0.15, 0.2) is 0 Å². The van der Waals surface area contributed by atoms with Gasteiger partial charge in [-0.1, -0.05) is 13.8 Å². The lowest BCUT2D eigenvalue weighted by atomic mass is 10.0. The zero-order valence-corrected chi connectivity index (χ0v) is 14.3. The number of carboxylic acids is 1. The Morgan fingerprint density at radius 1 is 1.12 bits per heavy atom. The van der Waals surface area contributed by atoms with Crippen LogP contribution < -0.4 is 16.4 Å². The number of carbonyl (C=O) groups is 2. The molecule has 0 aliphatic heterocycles. The highest BCUT2D eigenvalue weighted by atomic mass is 16.6. The molecule has 142 valence electrons. The third-order valence-corrected chi connectivity index (χ3v) is 3.54. The summed E-state index contributed by atoms with van der Waals surface area (Å²) in [5.41, 5.74) is 3.38. The summed E-state index contributed by atoms with van der Waals surface area (Å²) in [5, 5.41) is 36.8. The van der Waals surface area contributed by atoms with E-state index in [-0.39, 0.29) is 11.4 Å². The van der Waals surface area contributed by atoms with Gasteiger partial charge in [0.2, 0.25) is 5.91 Å². The van der Waals surface area contributed by atoms with Gasteiger partial charge >= 0.3 is 11.7 Å². The van der Waals surface area contributed by atoms with E-state index in [0.717, 1.165) is 6.07 Å². The maximum Gasteiger partial charge on any atom is 0.326 e. The fraction of sp³-hybridized carbons (Fsp3) is 0.429. The zero-order valence-electron chi connectivity index (χ0n) is 14.3. The predicted molar refractivity (Wildman–Crippen MR) is 91.9 cm³/mol. The molecule has 0 saturated heterocycles. The van der Waals surface area contributed by atoms with E-state index in [9.17, 15) is 34.9 Å². The third-order valence-electron chi connectivity index (χ3n) is 3.54. The topological polar surface area (TPSA) is 191 Å². The van der Waals surface area contributed by atoms with Crippen molar-refractivity contribution in [1.82, 2.24) is 0 Å². The number of primary amides is 1. The van der Waals surface area contributed by atoms with E-state index in [1.807, 2.05) is 0 Å². The molecule has 5 N–H and O–H groups in total. The van der Waals surface area contributed by atoms with Crippen LogP contribution in [0.5, 0.6) is 0 Å². The summed E-state index contributed by atoms with van der Waals surface area (Å²) in [6.07, 6.45) is 0. The van der Waals surface area contributed by atoms with Crippen molar-refractivity contribution in [2.24, 2.45) is 11.7 Å². The molecule has 0 bridgehead atoms. The summed E-state index contributed by atoms with van der Waals surface area (Å²) in [6.45, 7) is 4.53. The van der Waals surface area contributed by atoms with Gasteiger partial charge in [-0.3, -0.25) is 25.0 Å². The molecule has 1 aromatic rings. The smallest absolute Gasteiger partial charge is 0.326 e. The van der Waals surface area contributed by atoms with Crippen molar-refractivity contribution in [3.8, 4) is 0 Å². The summed E-state index contributed by atoms with van der Waals surface area (Å²) in [7, 11) is 0. The number of nitro benzene ring substituents is 2. The van der Waals surface area contributed by atoms with Crippen molar-refractivity contribution in [1.29, 1.82) is 0 Å². The van der Waals surface area contributed by atoms with Crippen molar-refractivity contribution in [3.63, 3.8) is 0 Å². The van der Waals surface area contributed by atoms with E-state index in [1.54, 1.807) is 13.8 Å². The monoisotopic (exact) mass is 369 g/mol. The third kappa shape index (κ3) is 4.78. The largest absolute Gasteiger partial charge is 0.480 e. The van der Waals surface area contributed by atoms with Crippen molar-refractivity contribution >= 4 is 34.6 Å². The molecule has 26 heavy (non-hydrogen) atoms. The quantitative estimate of drug-likeness (QED) is 0.367. The first-order valence-electron chi connectivity index (χ1n) is 7.47. The number of carboxylic acid groups (broad SMARTS) is 1. The number of nitrogens with zero attached hydrogens (tertiary/aromatic N) is 2. The molecule has 0 heterocycles. The number of aliphatic carboxylic acids is 1. The molecule has 0 fully saturated rings. The maximum atomic E-state index is 11.4. The lowest BCUT2D eigenvalue weighted by Gasteiger charge is -2.22. The molecule has 1 amide bonds. The van der Waals surface area contributed by atoms with Gasteiger partial charge < -0.3 is 21.5 Å². The van der Waals surface area contributed by atoms with Crippen LogP contribution in [0.3, 0.4) is 0 Å². The second kappa shape index (κ2) is 8.09. The van der Waals surface area contributed by atoms with E-state index in [1.165, 1.54) is 6.92 Å². The minimum Gasteiger partial charge on any atom is -0.480 e. The number of non-ortho nitro benzene ring substituents is 1. The van der Waals surface area contributed by atoms with Crippen LogP contribution in [0.25, 0.3) is 0 Å². The van der Waals surface area contributed by atoms with Crippen LogP contribution in [-0.4, -0.2) is 38.9 Å². The number of hydrogen-bond donors (Lipinski definition) is 4. The van der Waals surface area contributed by atoms with E-state index in [4.69, 9.17) is 5.73 Å². The summed E-state index contributed by atoms with van der Waals surface area (Å²) < 4.78 is 0. The zero-order chi connectivity index (χ0) is 20.2. The Morgan fingerprint density at radius 3 is 2.08 bits per heavy atom. The first-order chi connectivity index (χ1) is 12.0. The molecule has 0 unspecified atom stereocenters. The van der Waals surface area contributed by atoms with Crippen LogP contribution in [0.1, 0.15) is 20.8 Å². The van der Waals surface area contributed by atoms with Gasteiger partial charge in [-0.25, -0.2) is 4.79 Å². The number of benzene rings is 1. The Kier molecular flexibility index (Phi) is 6.41. The van der Waals surface area contributed by atoms with Crippen LogP contribution >= 0.6 is 0 Å². The Morgan fingerprint density at radius 2 is 1.69 bits per heavy atom. The lowest BCUT2D eigenvalue weighted by molar-refractivity contribution is -0.393. The van der Waals surface area contributed by atoms with Gasteiger partial charge in [-0.15, -0.1) is 0 Å². The van der Waals surface area contributed by atoms with Crippen molar-refractivity contribution < 1.29 is 24.5 Å². The van der Waals surface area contributed by atoms with E-state index < -0.39 is 51.1 Å². The molecule has 12 heteroatoms. The second-order valence-electron chi connectivity index (χ2n) is 5.87. The van der Waals surface area contributed by atoms with E-state index in [0.29, 0.717) is 6.07 Å². The average Bonchev–Trinajstić information content (AvgIpc) is 2.51. The summed E-state index contributed by atoms with van der Waals surface area (Å²) in [6, 6.07) is -0.549. The molecule has 0 saturated carbocycles. The number of amides is 1. The minimum atomic E-state index is -1.25. The first kappa shape index (κ1) is 20.6. The van der Waals surface area contributed by atoms with Crippen LogP contribution in [-0.2, 0) is 9.59 Å². The number of carbonyl (C=O) groups excluding carboxylic acids is 1. The molecule has 0 aliphatic rings. The minimum absolute atomic E-state index is 0.194. The van der Waals surface area contributed by atoms with Gasteiger partial charge in [-0.05, 0) is 12.8 Å². The SMILES string of the molecule is CC(C)[C@@H](Nc1cc([N+](=O)[O-])cc([N+](=O)[O-])c1N[C@@H](C)C(N)=O)C(=O)O. The highest BCUT2D eigenvalue weighted by Gasteiger charge is 2.29. The number of nitrogens with one attached hydrogen (secondary N) is 2. The fourth-order valence-electron chi connectivity index (χ4n) is 2.10. The molecule has 0 radical (unpaired) electrons. The van der Waals surface area contributed by atoms with E-state index in [2.05, 4.69) is 10.6 Å². The highest BCUT2D eigenvalue weighted by Crippen LogP contribution is 2.38. The lowest BCUT2D eigenvalue weighted by Crippen LogP contribution is -2.36. The number of hydrogen-bond acceptors (Lipinski definition) is 8. The predicted octanol–water partition coefficient (Wildman–Crippen LogP) is 1.31. The molecule has 12 nitrogen and oxygen atoms in total. The van der Waals surface area contributed by atoms with Crippen molar-refractivity contribution in [2.75, 3.05) is 10.6 Å². The van der Waals surface area contributed by atoms with Crippen molar-refractivity contribution in [2.45, 2.75) is 32.9 Å². The van der Waals surface area contributed by atoms with Crippen LogP contribution in [0.4, 0.5) is 22.7 Å². The highest BCUT2D eigenvalue weighted by molar-refractivity contribution is 5.90. The van der Waals surface area contributed by atoms with Crippen LogP contribution in [0.15, 0.2) is 12.1 Å². The molecule has 1 rings (SSSR count). The standard InChI is InChI=1S/C14H19N5O7/c1-6(2)11(14(21)22)17-9-4-8(18(23)24)5-10(19(25)26)12(9)16-7(3)13(15)20/h4-7,11,16-17H,1-3H3,(H2,15,20)(H,21,22)/t7-,11+/m0/s1. The molecule has 0 spiro atoms. The van der Waals surface area contributed by atoms with Gasteiger partial charge in [-0.2, -0.15) is 0 Å². The van der Waals surface area contributed by atoms with Crippen LogP contribution in [0.2, 0.25) is 0 Å².